The molecule has 106 valence electrons. The van der Waals surface area contributed by atoms with Crippen molar-refractivity contribution in [3.8, 4) is 6.07 Å². The van der Waals surface area contributed by atoms with Crippen molar-refractivity contribution in [2.45, 2.75) is 25.3 Å². The molecular weight excluding hydrogens is 266 g/mol. The summed E-state index contributed by atoms with van der Waals surface area (Å²) in [6.07, 6.45) is 2.40. The minimum atomic E-state index is -0.853. The summed E-state index contributed by atoms with van der Waals surface area (Å²) >= 11 is 0. The first-order chi connectivity index (χ1) is 10.2. The molecule has 1 aromatic heterocycles. The number of carboxylic acids is 1. The molecular formula is C16H15N3O2. The third kappa shape index (κ3) is 2.40. The Bertz CT molecular complexity index is 736. The van der Waals surface area contributed by atoms with Gasteiger partial charge in [0.25, 0.3) is 0 Å². The number of pyridine rings is 1. The molecule has 2 aromatic rings. The van der Waals surface area contributed by atoms with E-state index in [2.05, 4.69) is 11.1 Å². The number of para-hydroxylation sites is 1. The number of rotatable bonds is 2. The topological polar surface area (TPSA) is 77.2 Å². The zero-order valence-corrected chi connectivity index (χ0v) is 11.5. The fraction of sp³-hybridized carbons (Fsp3) is 0.312. The summed E-state index contributed by atoms with van der Waals surface area (Å²) in [5, 5.41) is 19.7. The molecule has 0 saturated carbocycles. The number of nitriles is 1. The molecule has 0 bridgehead atoms. The van der Waals surface area contributed by atoms with Gasteiger partial charge in [-0.1, -0.05) is 18.2 Å². The van der Waals surface area contributed by atoms with Crippen LogP contribution in [0.3, 0.4) is 0 Å². The van der Waals surface area contributed by atoms with E-state index in [4.69, 9.17) is 0 Å². The van der Waals surface area contributed by atoms with Crippen LogP contribution >= 0.6 is 0 Å². The van der Waals surface area contributed by atoms with Gasteiger partial charge in [-0.15, -0.1) is 0 Å². The average molecular weight is 281 g/mol. The van der Waals surface area contributed by atoms with Gasteiger partial charge in [-0.2, -0.15) is 5.26 Å². The molecule has 1 saturated heterocycles. The van der Waals surface area contributed by atoms with Crippen LogP contribution in [0.4, 0.5) is 5.82 Å². The van der Waals surface area contributed by atoms with E-state index >= 15 is 0 Å². The van der Waals surface area contributed by atoms with E-state index in [-0.39, 0.29) is 0 Å². The van der Waals surface area contributed by atoms with Crippen molar-refractivity contribution in [2.75, 3.05) is 11.4 Å². The predicted octanol–water partition coefficient (Wildman–Crippen LogP) is 2.55. The summed E-state index contributed by atoms with van der Waals surface area (Å²) in [7, 11) is 0. The Morgan fingerprint density at radius 2 is 2.19 bits per heavy atom. The summed E-state index contributed by atoms with van der Waals surface area (Å²) in [6.45, 7) is 0.622. The van der Waals surface area contributed by atoms with Crippen molar-refractivity contribution in [1.29, 1.82) is 5.26 Å². The van der Waals surface area contributed by atoms with Crippen LogP contribution in [0, 0.1) is 11.3 Å². The Morgan fingerprint density at radius 1 is 1.38 bits per heavy atom. The van der Waals surface area contributed by atoms with Crippen molar-refractivity contribution in [3.63, 3.8) is 0 Å². The lowest BCUT2D eigenvalue weighted by Crippen LogP contribution is -2.45. The highest BCUT2D eigenvalue weighted by molar-refractivity contribution is 5.85. The number of anilines is 1. The molecule has 0 spiro atoms. The number of nitrogens with zero attached hydrogens (tertiary/aromatic N) is 3. The maximum atomic E-state index is 11.4. The second kappa shape index (κ2) is 5.41. The van der Waals surface area contributed by atoms with Gasteiger partial charge in [-0.05, 0) is 31.4 Å². The van der Waals surface area contributed by atoms with Crippen LogP contribution in [-0.2, 0) is 4.79 Å². The van der Waals surface area contributed by atoms with E-state index in [1.165, 1.54) is 0 Å². The molecule has 1 atom stereocenters. The van der Waals surface area contributed by atoms with Crippen molar-refractivity contribution < 1.29 is 9.90 Å². The summed E-state index contributed by atoms with van der Waals surface area (Å²) < 4.78 is 0. The number of carbonyl (C=O) groups is 1. The predicted molar refractivity (Wildman–Crippen MR) is 79.1 cm³/mol. The maximum absolute atomic E-state index is 11.4. The van der Waals surface area contributed by atoms with Gasteiger partial charge in [0.15, 0.2) is 0 Å². The molecule has 1 aliphatic heterocycles. The minimum Gasteiger partial charge on any atom is -0.480 e. The van der Waals surface area contributed by atoms with Crippen LogP contribution in [0.5, 0.6) is 0 Å². The highest BCUT2D eigenvalue weighted by Crippen LogP contribution is 2.28. The molecule has 2 heterocycles. The van der Waals surface area contributed by atoms with Gasteiger partial charge >= 0.3 is 5.97 Å². The average Bonchev–Trinajstić information content (AvgIpc) is 2.53. The van der Waals surface area contributed by atoms with Crippen molar-refractivity contribution in [3.05, 3.63) is 35.9 Å². The molecule has 1 unspecified atom stereocenters. The fourth-order valence-electron chi connectivity index (χ4n) is 2.85. The summed E-state index contributed by atoms with van der Waals surface area (Å²) in [6, 6.07) is 10.9. The second-order valence-electron chi connectivity index (χ2n) is 5.21. The molecule has 5 nitrogen and oxygen atoms in total. The number of fused-ring (bicyclic) bond motifs is 1. The highest BCUT2D eigenvalue weighted by Gasteiger charge is 2.31. The van der Waals surface area contributed by atoms with Gasteiger partial charge < -0.3 is 10.0 Å². The van der Waals surface area contributed by atoms with E-state index in [9.17, 15) is 15.2 Å². The van der Waals surface area contributed by atoms with Crippen LogP contribution in [0.25, 0.3) is 10.9 Å². The molecule has 5 heteroatoms. The number of hydrogen-bond donors (Lipinski definition) is 1. The normalized spacial score (nSPS) is 18.4. The molecule has 0 aliphatic carbocycles. The Hall–Kier alpha value is -2.61. The van der Waals surface area contributed by atoms with Crippen molar-refractivity contribution in [2.24, 2.45) is 0 Å². The zero-order chi connectivity index (χ0) is 14.8. The number of aromatic nitrogens is 1. The smallest absolute Gasteiger partial charge is 0.326 e. The third-order valence-electron chi connectivity index (χ3n) is 3.88. The van der Waals surface area contributed by atoms with Crippen molar-refractivity contribution >= 4 is 22.7 Å². The van der Waals surface area contributed by atoms with Crippen LogP contribution in [0.15, 0.2) is 30.3 Å². The number of benzene rings is 1. The summed E-state index contributed by atoms with van der Waals surface area (Å²) in [5.41, 5.74) is 1.21. The molecule has 0 radical (unpaired) electrons. The molecule has 21 heavy (non-hydrogen) atoms. The van der Waals surface area contributed by atoms with Crippen molar-refractivity contribution in [1.82, 2.24) is 4.98 Å². The van der Waals surface area contributed by atoms with E-state index in [1.54, 1.807) is 11.0 Å². The molecule has 1 N–H and O–H groups in total. The number of aliphatic carboxylic acids is 1. The first-order valence-electron chi connectivity index (χ1n) is 7.00. The molecule has 1 aromatic carbocycles. The monoisotopic (exact) mass is 281 g/mol. The van der Waals surface area contributed by atoms with Gasteiger partial charge in [-0.3, -0.25) is 0 Å². The van der Waals surface area contributed by atoms with E-state index in [0.717, 1.165) is 23.7 Å². The number of carboxylic acid groups (broad SMARTS) is 1. The zero-order valence-electron chi connectivity index (χ0n) is 11.5. The molecule has 1 fully saturated rings. The quantitative estimate of drug-likeness (QED) is 0.915. The Balaban J connectivity index is 2.13. The van der Waals surface area contributed by atoms with Gasteiger partial charge in [0, 0.05) is 11.9 Å². The maximum Gasteiger partial charge on any atom is 0.326 e. The standard InChI is InChI=1S/C16H15N3O2/c17-10-12-9-11-5-1-2-6-13(11)18-15(12)19-8-4-3-7-14(19)16(20)21/h1-2,5-6,9,14H,3-4,7-8H2,(H,20,21). The van der Waals surface area contributed by atoms with Crippen LogP contribution in [-0.4, -0.2) is 28.6 Å². The number of hydrogen-bond acceptors (Lipinski definition) is 4. The third-order valence-corrected chi connectivity index (χ3v) is 3.88. The lowest BCUT2D eigenvalue weighted by molar-refractivity contribution is -0.139. The Morgan fingerprint density at radius 3 is 2.95 bits per heavy atom. The largest absolute Gasteiger partial charge is 0.480 e. The SMILES string of the molecule is N#Cc1cc2ccccc2nc1N1CCCCC1C(=O)O. The first kappa shape index (κ1) is 13.4. The molecule has 1 aliphatic rings. The Kier molecular flexibility index (Phi) is 3.44. The van der Waals surface area contributed by atoms with Crippen LogP contribution in [0.1, 0.15) is 24.8 Å². The summed E-state index contributed by atoms with van der Waals surface area (Å²) in [4.78, 5) is 17.8. The van der Waals surface area contributed by atoms with Gasteiger partial charge in [0.1, 0.15) is 17.9 Å². The van der Waals surface area contributed by atoms with Gasteiger partial charge in [0.2, 0.25) is 0 Å². The van der Waals surface area contributed by atoms with Gasteiger partial charge in [-0.25, -0.2) is 9.78 Å². The highest BCUT2D eigenvalue weighted by atomic mass is 16.4. The minimum absolute atomic E-state index is 0.432. The Labute approximate surface area is 122 Å². The second-order valence-corrected chi connectivity index (χ2v) is 5.21. The van der Waals surface area contributed by atoms with Crippen LogP contribution < -0.4 is 4.90 Å². The van der Waals surface area contributed by atoms with Gasteiger partial charge in [0.05, 0.1) is 11.1 Å². The first-order valence-corrected chi connectivity index (χ1v) is 7.00. The fourth-order valence-corrected chi connectivity index (χ4v) is 2.85. The van der Waals surface area contributed by atoms with Crippen LogP contribution in [0.2, 0.25) is 0 Å². The van der Waals surface area contributed by atoms with E-state index < -0.39 is 12.0 Å². The number of piperidine rings is 1. The molecule has 3 rings (SSSR count). The summed E-state index contributed by atoms with van der Waals surface area (Å²) in [5.74, 6) is -0.364. The van der Waals surface area contributed by atoms with E-state index in [0.29, 0.717) is 24.3 Å². The lowest BCUT2D eigenvalue weighted by atomic mass is 10.0. The molecule has 0 amide bonds. The lowest BCUT2D eigenvalue weighted by Gasteiger charge is -2.34. The van der Waals surface area contributed by atoms with E-state index in [1.807, 2.05) is 24.3 Å².